The van der Waals surface area contributed by atoms with Crippen LogP contribution in [0.4, 0.5) is 0 Å². The fourth-order valence-electron chi connectivity index (χ4n) is 1.55. The van der Waals surface area contributed by atoms with Gasteiger partial charge >= 0.3 is 0 Å². The number of rotatable bonds is 6. The summed E-state index contributed by atoms with van der Waals surface area (Å²) in [5, 5.41) is 4.09. The fraction of sp³-hybridized carbons (Fsp3) is 0.385. The molecule has 0 spiro atoms. The standard InChI is InChI=1S/C13H16ClN3S2/c1-3-12-16-13(19-17-12)18-11-7-10(14)6-5-9(11)8-15-4-2/h5-7,15H,3-4,8H2,1-2H3. The van der Waals surface area contributed by atoms with Crippen LogP contribution in [0, 0.1) is 0 Å². The third-order valence-electron chi connectivity index (χ3n) is 2.56. The van der Waals surface area contributed by atoms with E-state index in [2.05, 4.69) is 34.6 Å². The van der Waals surface area contributed by atoms with Gasteiger partial charge < -0.3 is 5.32 Å². The number of hydrogen-bond donors (Lipinski definition) is 1. The van der Waals surface area contributed by atoms with Gasteiger partial charge in [-0.3, -0.25) is 0 Å². The van der Waals surface area contributed by atoms with E-state index < -0.39 is 0 Å². The summed E-state index contributed by atoms with van der Waals surface area (Å²) >= 11 is 9.16. The molecule has 19 heavy (non-hydrogen) atoms. The second kappa shape index (κ2) is 7.24. The average Bonchev–Trinajstić information content (AvgIpc) is 2.85. The van der Waals surface area contributed by atoms with Gasteiger partial charge in [-0.25, -0.2) is 4.98 Å². The van der Waals surface area contributed by atoms with Gasteiger partial charge in [0.2, 0.25) is 0 Å². The van der Waals surface area contributed by atoms with E-state index in [0.29, 0.717) is 0 Å². The zero-order valence-electron chi connectivity index (χ0n) is 10.9. The third-order valence-corrected chi connectivity index (χ3v) is 4.68. The smallest absolute Gasteiger partial charge is 0.174 e. The Bertz CT molecular complexity index is 542. The van der Waals surface area contributed by atoms with Crippen molar-refractivity contribution in [3.05, 3.63) is 34.6 Å². The number of hydrogen-bond acceptors (Lipinski definition) is 5. The van der Waals surface area contributed by atoms with Crippen molar-refractivity contribution < 1.29 is 0 Å². The van der Waals surface area contributed by atoms with Crippen LogP contribution in [-0.2, 0) is 13.0 Å². The summed E-state index contributed by atoms with van der Waals surface area (Å²) in [4.78, 5) is 5.63. The van der Waals surface area contributed by atoms with Gasteiger partial charge in [-0.15, -0.1) is 0 Å². The van der Waals surface area contributed by atoms with Gasteiger partial charge in [0.1, 0.15) is 5.82 Å². The van der Waals surface area contributed by atoms with Gasteiger partial charge in [-0.05, 0) is 35.8 Å². The van der Waals surface area contributed by atoms with Crippen molar-refractivity contribution in [2.24, 2.45) is 0 Å². The van der Waals surface area contributed by atoms with Gasteiger partial charge in [0.25, 0.3) is 0 Å². The predicted molar refractivity (Wildman–Crippen MR) is 82.2 cm³/mol. The van der Waals surface area contributed by atoms with E-state index in [1.807, 2.05) is 12.1 Å². The first-order chi connectivity index (χ1) is 9.22. The topological polar surface area (TPSA) is 37.8 Å². The first-order valence-corrected chi connectivity index (χ1v) is 8.19. The molecule has 0 aliphatic carbocycles. The molecule has 3 nitrogen and oxygen atoms in total. The Labute approximate surface area is 127 Å². The Hall–Kier alpha value is -0.620. The summed E-state index contributed by atoms with van der Waals surface area (Å²) in [5.74, 6) is 0.905. The fourth-order valence-corrected chi connectivity index (χ4v) is 3.61. The summed E-state index contributed by atoms with van der Waals surface area (Å²) in [5.41, 5.74) is 1.24. The molecule has 0 saturated carbocycles. The molecule has 1 heterocycles. The largest absolute Gasteiger partial charge is 0.313 e. The van der Waals surface area contributed by atoms with Crippen molar-refractivity contribution in [2.45, 2.75) is 36.0 Å². The van der Waals surface area contributed by atoms with Crippen LogP contribution in [0.1, 0.15) is 25.2 Å². The maximum absolute atomic E-state index is 6.08. The average molecular weight is 314 g/mol. The molecule has 0 saturated heterocycles. The van der Waals surface area contributed by atoms with E-state index in [9.17, 15) is 0 Å². The highest BCUT2D eigenvalue weighted by molar-refractivity contribution is 8.01. The van der Waals surface area contributed by atoms with Crippen molar-refractivity contribution in [2.75, 3.05) is 6.54 Å². The van der Waals surface area contributed by atoms with Crippen molar-refractivity contribution in [3.8, 4) is 0 Å². The van der Waals surface area contributed by atoms with E-state index in [0.717, 1.165) is 39.6 Å². The minimum Gasteiger partial charge on any atom is -0.313 e. The highest BCUT2D eigenvalue weighted by atomic mass is 35.5. The van der Waals surface area contributed by atoms with Crippen LogP contribution in [0.3, 0.4) is 0 Å². The molecule has 1 N–H and O–H groups in total. The molecule has 0 amide bonds. The lowest BCUT2D eigenvalue weighted by Gasteiger charge is -2.08. The zero-order valence-corrected chi connectivity index (χ0v) is 13.3. The van der Waals surface area contributed by atoms with Crippen LogP contribution in [0.5, 0.6) is 0 Å². The van der Waals surface area contributed by atoms with Gasteiger partial charge in [-0.2, -0.15) is 4.37 Å². The Morgan fingerprint density at radius 3 is 2.89 bits per heavy atom. The van der Waals surface area contributed by atoms with E-state index in [4.69, 9.17) is 11.6 Å². The molecule has 6 heteroatoms. The molecule has 1 aromatic carbocycles. The molecule has 2 aromatic rings. The molecule has 0 bridgehead atoms. The number of nitrogens with one attached hydrogen (secondary N) is 1. The van der Waals surface area contributed by atoms with E-state index in [-0.39, 0.29) is 0 Å². The molecular formula is C13H16ClN3S2. The summed E-state index contributed by atoms with van der Waals surface area (Å²) in [6.45, 7) is 5.95. The zero-order chi connectivity index (χ0) is 13.7. The van der Waals surface area contributed by atoms with Crippen LogP contribution in [0.2, 0.25) is 5.02 Å². The molecule has 0 unspecified atom stereocenters. The summed E-state index contributed by atoms with van der Waals surface area (Å²) < 4.78 is 5.28. The number of aryl methyl sites for hydroxylation is 1. The second-order valence-electron chi connectivity index (χ2n) is 3.96. The van der Waals surface area contributed by atoms with Crippen LogP contribution in [0.25, 0.3) is 0 Å². The molecule has 1 aromatic heterocycles. The van der Waals surface area contributed by atoms with Crippen molar-refractivity contribution in [3.63, 3.8) is 0 Å². The monoisotopic (exact) mass is 313 g/mol. The molecule has 0 aliphatic heterocycles. The van der Waals surface area contributed by atoms with Crippen LogP contribution in [0.15, 0.2) is 27.4 Å². The van der Waals surface area contributed by atoms with Gasteiger partial charge in [0.15, 0.2) is 4.34 Å². The molecule has 0 fully saturated rings. The quantitative estimate of drug-likeness (QED) is 0.874. The minimum absolute atomic E-state index is 0.753. The third kappa shape index (κ3) is 4.18. The van der Waals surface area contributed by atoms with Gasteiger partial charge in [0.05, 0.1) is 0 Å². The van der Waals surface area contributed by atoms with Crippen molar-refractivity contribution in [1.29, 1.82) is 0 Å². The number of halogens is 1. The summed E-state index contributed by atoms with van der Waals surface area (Å²) in [6, 6.07) is 5.98. The lowest BCUT2D eigenvalue weighted by atomic mass is 10.2. The predicted octanol–water partition coefficient (Wildman–Crippen LogP) is 4.01. The Kier molecular flexibility index (Phi) is 5.63. The second-order valence-corrected chi connectivity index (χ2v) is 6.44. The molecule has 0 radical (unpaired) electrons. The highest BCUT2D eigenvalue weighted by Gasteiger charge is 2.09. The lowest BCUT2D eigenvalue weighted by Crippen LogP contribution is -2.12. The number of nitrogens with zero attached hydrogens (tertiary/aromatic N) is 2. The molecule has 0 aliphatic rings. The van der Waals surface area contributed by atoms with Crippen LogP contribution >= 0.6 is 34.9 Å². The Balaban J connectivity index is 2.19. The first-order valence-electron chi connectivity index (χ1n) is 6.22. The number of benzene rings is 1. The lowest BCUT2D eigenvalue weighted by molar-refractivity contribution is 0.718. The SMILES string of the molecule is CCNCc1ccc(Cl)cc1Sc1nc(CC)ns1. The van der Waals surface area contributed by atoms with Gasteiger partial charge in [0, 0.05) is 22.9 Å². The Morgan fingerprint density at radius 1 is 1.37 bits per heavy atom. The van der Waals surface area contributed by atoms with Crippen LogP contribution < -0.4 is 5.32 Å². The van der Waals surface area contributed by atoms with Crippen LogP contribution in [-0.4, -0.2) is 15.9 Å². The highest BCUT2D eigenvalue weighted by Crippen LogP contribution is 2.33. The first kappa shape index (κ1) is 14.8. The molecule has 0 atom stereocenters. The molecule has 102 valence electrons. The van der Waals surface area contributed by atoms with Crippen molar-refractivity contribution in [1.82, 2.24) is 14.7 Å². The van der Waals surface area contributed by atoms with Crippen molar-refractivity contribution >= 4 is 34.9 Å². The molecular weight excluding hydrogens is 298 g/mol. The summed E-state index contributed by atoms with van der Waals surface area (Å²) in [7, 11) is 0. The molecule has 2 rings (SSSR count). The summed E-state index contributed by atoms with van der Waals surface area (Å²) in [6.07, 6.45) is 0.872. The van der Waals surface area contributed by atoms with E-state index in [1.165, 1.54) is 17.1 Å². The Morgan fingerprint density at radius 2 is 2.21 bits per heavy atom. The maximum Gasteiger partial charge on any atom is 0.174 e. The van der Waals surface area contributed by atoms with Gasteiger partial charge in [-0.1, -0.05) is 43.3 Å². The van der Waals surface area contributed by atoms with E-state index >= 15 is 0 Å². The maximum atomic E-state index is 6.08. The normalized spacial score (nSPS) is 10.9. The number of aromatic nitrogens is 2. The minimum atomic E-state index is 0.753. The van der Waals surface area contributed by atoms with E-state index in [1.54, 1.807) is 11.8 Å².